The molecule has 0 saturated heterocycles. The molecule has 2 rings (SSSR count). The maximum atomic E-state index is 3.51. The summed E-state index contributed by atoms with van der Waals surface area (Å²) in [6.45, 7) is 4.48. The van der Waals surface area contributed by atoms with Gasteiger partial charge in [0.05, 0.1) is 0 Å². The smallest absolute Gasteiger partial charge is 0.0250 e. The van der Waals surface area contributed by atoms with Crippen LogP contribution >= 0.6 is 11.8 Å². The molecule has 1 aliphatic rings. The molecule has 2 heteroatoms. The summed E-state index contributed by atoms with van der Waals surface area (Å²) in [6.07, 6.45) is 5.42. The number of rotatable bonds is 4. The molecule has 3 unspecified atom stereocenters. The molecule has 1 saturated carbocycles. The largest absolute Gasteiger partial charge is 0.316 e. The van der Waals surface area contributed by atoms with E-state index < -0.39 is 0 Å². The maximum absolute atomic E-state index is 3.51. The van der Waals surface area contributed by atoms with Crippen molar-refractivity contribution in [2.45, 2.75) is 55.7 Å². The summed E-state index contributed by atoms with van der Waals surface area (Å²) >= 11 is 2.06. The molecule has 1 N–H and O–H groups in total. The highest BCUT2D eigenvalue weighted by Crippen LogP contribution is 2.37. The van der Waals surface area contributed by atoms with E-state index >= 15 is 0 Å². The maximum Gasteiger partial charge on any atom is 0.0250 e. The van der Waals surface area contributed by atoms with Gasteiger partial charge in [0, 0.05) is 16.2 Å². The van der Waals surface area contributed by atoms with Crippen molar-refractivity contribution in [1.82, 2.24) is 5.32 Å². The normalized spacial score (nSPS) is 28.3. The molecule has 1 aromatic carbocycles. The lowest BCUT2D eigenvalue weighted by atomic mass is 9.84. The standard InChI is InChI=1S/C16H25NS/c1-4-13-7-10-15(17-3)16(11-13)18-14-8-5-12(2)6-9-14/h5-6,8-9,13,15-17H,4,7,10-11H2,1-3H3. The lowest BCUT2D eigenvalue weighted by Gasteiger charge is -2.35. The SMILES string of the molecule is CCC1CCC(NC)C(Sc2ccc(C)cc2)C1. The van der Waals surface area contributed by atoms with Crippen molar-refractivity contribution >= 4 is 11.8 Å². The van der Waals surface area contributed by atoms with Gasteiger partial charge in [-0.1, -0.05) is 31.0 Å². The van der Waals surface area contributed by atoms with Crippen LogP contribution in [0.25, 0.3) is 0 Å². The fourth-order valence-electron chi connectivity index (χ4n) is 2.83. The predicted molar refractivity (Wildman–Crippen MR) is 81.3 cm³/mol. The zero-order valence-electron chi connectivity index (χ0n) is 11.8. The average molecular weight is 263 g/mol. The predicted octanol–water partition coefficient (Wildman–Crippen LogP) is 4.25. The first-order valence-corrected chi connectivity index (χ1v) is 8.01. The van der Waals surface area contributed by atoms with Crippen LogP contribution in [0.3, 0.4) is 0 Å². The molecule has 3 atom stereocenters. The van der Waals surface area contributed by atoms with E-state index in [0.29, 0.717) is 6.04 Å². The molecule has 0 bridgehead atoms. The molecule has 1 aromatic rings. The number of nitrogens with one attached hydrogen (secondary N) is 1. The van der Waals surface area contributed by atoms with Crippen molar-refractivity contribution in [3.63, 3.8) is 0 Å². The highest BCUT2D eigenvalue weighted by atomic mass is 32.2. The Bertz CT molecular complexity index is 360. The Hall–Kier alpha value is -0.470. The summed E-state index contributed by atoms with van der Waals surface area (Å²) in [6, 6.07) is 9.65. The number of hydrogen-bond acceptors (Lipinski definition) is 2. The highest BCUT2D eigenvalue weighted by molar-refractivity contribution is 8.00. The van der Waals surface area contributed by atoms with Gasteiger partial charge in [-0.15, -0.1) is 11.8 Å². The Morgan fingerprint density at radius 2 is 1.94 bits per heavy atom. The summed E-state index contributed by atoms with van der Waals surface area (Å²) in [5.41, 5.74) is 1.35. The van der Waals surface area contributed by atoms with E-state index in [0.717, 1.165) is 11.2 Å². The molecule has 1 fully saturated rings. The second-order valence-corrected chi connectivity index (χ2v) is 6.76. The Kier molecular flexibility index (Phi) is 5.13. The lowest BCUT2D eigenvalue weighted by Crippen LogP contribution is -2.40. The fraction of sp³-hybridized carbons (Fsp3) is 0.625. The third kappa shape index (κ3) is 3.52. The van der Waals surface area contributed by atoms with Crippen molar-refractivity contribution in [2.75, 3.05) is 7.05 Å². The molecule has 0 radical (unpaired) electrons. The summed E-state index contributed by atoms with van der Waals surface area (Å²) in [4.78, 5) is 1.42. The van der Waals surface area contributed by atoms with Crippen molar-refractivity contribution in [2.24, 2.45) is 5.92 Å². The van der Waals surface area contributed by atoms with Crippen LogP contribution in [-0.4, -0.2) is 18.3 Å². The van der Waals surface area contributed by atoms with Crippen molar-refractivity contribution in [3.05, 3.63) is 29.8 Å². The van der Waals surface area contributed by atoms with Gasteiger partial charge in [0.2, 0.25) is 0 Å². The Morgan fingerprint density at radius 3 is 2.56 bits per heavy atom. The molecule has 0 spiro atoms. The molecule has 0 heterocycles. The first-order valence-electron chi connectivity index (χ1n) is 7.13. The van der Waals surface area contributed by atoms with Gasteiger partial charge in [-0.25, -0.2) is 0 Å². The molecule has 100 valence electrons. The van der Waals surface area contributed by atoms with Crippen molar-refractivity contribution in [3.8, 4) is 0 Å². The van der Waals surface area contributed by atoms with Gasteiger partial charge in [-0.3, -0.25) is 0 Å². The molecule has 0 aliphatic heterocycles. The van der Waals surface area contributed by atoms with Gasteiger partial charge in [-0.05, 0) is 51.3 Å². The van der Waals surface area contributed by atoms with Gasteiger partial charge >= 0.3 is 0 Å². The number of hydrogen-bond donors (Lipinski definition) is 1. The Morgan fingerprint density at radius 1 is 1.22 bits per heavy atom. The van der Waals surface area contributed by atoms with Gasteiger partial charge in [0.25, 0.3) is 0 Å². The third-order valence-corrected chi connectivity index (χ3v) is 5.52. The summed E-state index contributed by atoms with van der Waals surface area (Å²) in [5, 5.41) is 4.24. The first kappa shape index (κ1) is 14.0. The lowest BCUT2D eigenvalue weighted by molar-refractivity contribution is 0.304. The van der Waals surface area contributed by atoms with Crippen LogP contribution in [0.4, 0.5) is 0 Å². The second kappa shape index (κ2) is 6.63. The number of aryl methyl sites for hydroxylation is 1. The van der Waals surface area contributed by atoms with Crippen LogP contribution in [0.2, 0.25) is 0 Å². The van der Waals surface area contributed by atoms with Gasteiger partial charge in [0.15, 0.2) is 0 Å². The minimum Gasteiger partial charge on any atom is -0.316 e. The van der Waals surface area contributed by atoms with Crippen LogP contribution in [0.1, 0.15) is 38.2 Å². The van der Waals surface area contributed by atoms with E-state index in [1.807, 2.05) is 0 Å². The Balaban J connectivity index is 2.02. The van der Waals surface area contributed by atoms with Gasteiger partial charge < -0.3 is 5.32 Å². The summed E-state index contributed by atoms with van der Waals surface area (Å²) in [7, 11) is 2.11. The van der Waals surface area contributed by atoms with E-state index in [1.165, 1.54) is 36.1 Å². The Labute approximate surface area is 116 Å². The van der Waals surface area contributed by atoms with E-state index in [1.54, 1.807) is 0 Å². The summed E-state index contributed by atoms with van der Waals surface area (Å²) < 4.78 is 0. The average Bonchev–Trinajstić information content (AvgIpc) is 2.41. The monoisotopic (exact) mass is 263 g/mol. The first-order chi connectivity index (χ1) is 8.72. The third-order valence-electron chi connectivity index (χ3n) is 4.16. The molecular formula is C16H25NS. The molecule has 0 aromatic heterocycles. The van der Waals surface area contributed by atoms with E-state index in [4.69, 9.17) is 0 Å². The van der Waals surface area contributed by atoms with E-state index in [-0.39, 0.29) is 0 Å². The zero-order valence-corrected chi connectivity index (χ0v) is 12.6. The van der Waals surface area contributed by atoms with Crippen molar-refractivity contribution < 1.29 is 0 Å². The number of thioether (sulfide) groups is 1. The minimum absolute atomic E-state index is 0.680. The van der Waals surface area contributed by atoms with Gasteiger partial charge in [0.1, 0.15) is 0 Å². The van der Waals surface area contributed by atoms with Gasteiger partial charge in [-0.2, -0.15) is 0 Å². The van der Waals surface area contributed by atoms with Crippen LogP contribution in [0, 0.1) is 12.8 Å². The molecule has 0 amide bonds. The minimum atomic E-state index is 0.680. The van der Waals surface area contributed by atoms with E-state index in [9.17, 15) is 0 Å². The molecule has 1 nitrogen and oxygen atoms in total. The van der Waals surface area contributed by atoms with Crippen LogP contribution < -0.4 is 5.32 Å². The molecular weight excluding hydrogens is 238 g/mol. The number of benzene rings is 1. The van der Waals surface area contributed by atoms with Crippen LogP contribution in [0.5, 0.6) is 0 Å². The zero-order chi connectivity index (χ0) is 13.0. The summed E-state index contributed by atoms with van der Waals surface area (Å²) in [5.74, 6) is 0.928. The highest BCUT2D eigenvalue weighted by Gasteiger charge is 2.29. The quantitative estimate of drug-likeness (QED) is 0.871. The second-order valence-electron chi connectivity index (χ2n) is 5.45. The molecule has 1 aliphatic carbocycles. The van der Waals surface area contributed by atoms with Crippen molar-refractivity contribution in [1.29, 1.82) is 0 Å². The fourth-order valence-corrected chi connectivity index (χ4v) is 4.28. The topological polar surface area (TPSA) is 12.0 Å². The molecule has 18 heavy (non-hydrogen) atoms. The van der Waals surface area contributed by atoms with Crippen LogP contribution in [0.15, 0.2) is 29.2 Å². The van der Waals surface area contributed by atoms with E-state index in [2.05, 4.69) is 62.2 Å². The van der Waals surface area contributed by atoms with Crippen LogP contribution in [-0.2, 0) is 0 Å².